The number of likely N-dealkylation sites (N-methyl/N-ethyl adjacent to an activating group) is 1. The number of aliphatic hydroxyl groups is 5. The van der Waals surface area contributed by atoms with Crippen LogP contribution in [0.1, 0.15) is 187 Å². The van der Waals surface area contributed by atoms with Crippen molar-refractivity contribution in [3.63, 3.8) is 0 Å². The van der Waals surface area contributed by atoms with Gasteiger partial charge in [-0.05, 0) is 259 Å². The fraction of sp³-hybridized carbons (Fsp3) is 0.696. The van der Waals surface area contributed by atoms with E-state index in [9.17, 15) is 15.0 Å². The Hall–Kier alpha value is -4.18. The van der Waals surface area contributed by atoms with Crippen molar-refractivity contribution < 1.29 is 44.6 Å². The van der Waals surface area contributed by atoms with Gasteiger partial charge >= 0.3 is 5.97 Å². The minimum Gasteiger partial charge on any atom is -0.454 e. The zero-order chi connectivity index (χ0) is 60.4. The summed E-state index contributed by atoms with van der Waals surface area (Å²) in [5, 5.41) is 76.1. The highest BCUT2D eigenvalue weighted by Gasteiger charge is 2.90. The zero-order valence-electron chi connectivity index (χ0n) is 52.8. The lowest BCUT2D eigenvalue weighted by Gasteiger charge is -2.78. The van der Waals surface area contributed by atoms with Crippen molar-refractivity contribution in [3.8, 4) is 11.8 Å². The van der Waals surface area contributed by atoms with Crippen molar-refractivity contribution in [1.82, 2.24) is 5.32 Å². The topological polar surface area (TPSA) is 166 Å². The van der Waals surface area contributed by atoms with Gasteiger partial charge in [0.1, 0.15) is 23.6 Å². The second-order valence-electron chi connectivity index (χ2n) is 33.7. The smallest absolute Gasteiger partial charge is 0.331 e. The Morgan fingerprint density at radius 2 is 1.51 bits per heavy atom. The van der Waals surface area contributed by atoms with Crippen LogP contribution in [0, 0.1) is 116 Å². The lowest BCUT2D eigenvalue weighted by molar-refractivity contribution is -0.405. The molecule has 4 spiro atoms. The van der Waals surface area contributed by atoms with E-state index in [0.29, 0.717) is 75.0 Å². The van der Waals surface area contributed by atoms with E-state index < -0.39 is 68.4 Å². The van der Waals surface area contributed by atoms with Crippen LogP contribution in [0.15, 0.2) is 84.4 Å². The quantitative estimate of drug-likeness (QED) is 0.0841. The van der Waals surface area contributed by atoms with E-state index in [-0.39, 0.29) is 84.1 Å². The van der Waals surface area contributed by atoms with E-state index in [2.05, 4.69) is 84.7 Å². The number of aliphatic hydroxyl groups excluding tert-OH is 2. The van der Waals surface area contributed by atoms with E-state index in [1.807, 2.05) is 19.2 Å². The van der Waals surface area contributed by atoms with E-state index in [0.717, 1.165) is 119 Å². The second-order valence-corrected chi connectivity index (χ2v) is 33.7. The molecule has 3 aliphatic heterocycles. The van der Waals surface area contributed by atoms with Crippen molar-refractivity contribution in [3.05, 3.63) is 118 Å². The van der Waals surface area contributed by atoms with Crippen LogP contribution in [0.4, 0.5) is 0 Å². The van der Waals surface area contributed by atoms with Gasteiger partial charge in [-0.15, -0.1) is 0 Å². The summed E-state index contributed by atoms with van der Waals surface area (Å²) in [5.74, 6) is 7.00. The number of carbonyl (C=O) groups is 2. The van der Waals surface area contributed by atoms with Crippen LogP contribution in [0.25, 0.3) is 0 Å². The highest BCUT2D eigenvalue weighted by molar-refractivity contribution is 5.86. The minimum atomic E-state index is -2.23. The molecule has 0 radical (unpaired) electrons. The Morgan fingerprint density at radius 3 is 2.31 bits per heavy atom. The molecule has 1 saturated heterocycles. The van der Waals surface area contributed by atoms with Crippen LogP contribution in [-0.2, 0) is 44.9 Å². The fourth-order valence-corrected chi connectivity index (χ4v) is 28.3. The predicted octanol–water partition coefficient (Wildman–Crippen LogP) is 11.3. The van der Waals surface area contributed by atoms with Crippen LogP contribution in [-0.4, -0.2) is 92.1 Å². The molecule has 13 aliphatic carbocycles. The Labute approximate surface area is 527 Å². The molecular formula is C79H97NO9. The third-order valence-corrected chi connectivity index (χ3v) is 31.5. The molecule has 16 aliphatic rings. The molecule has 3 aromatic rings. The standard InChI is InChI=1S/C79H97NO9/c1-45-51-17-16-48(32-51)31-46-10-8-11-47(30-46)33-65-57-22-28-73-27-21-53(49-12-4-3-5-13-49)34-56(73)37-62(57)76(73)43-75(44-82)66-23-29-74-42-72(24-6-7-25-72)26-20-50-14-9-15-54(41-81)58(50)38-64(80-2)59-35-55(68(74)60-39-67(83)89-69(59)60)40-77(74,85)79(66,87)70(84)63-36-52(45)18-19-61(71(76)88-65)78(63,75)86/h3-5,8-15,30,39,44-45,48,51-53,55-57,59,61-66,68-71,80-81,84-87H,6-7,16-19,21-25,27-29,31-38,40-43H2,1-2H3. The zero-order valence-corrected chi connectivity index (χ0v) is 52.8. The maximum Gasteiger partial charge on any atom is 0.331 e. The number of rotatable bonds is 4. The molecule has 0 aromatic heterocycles. The number of aldehydes is 1. The van der Waals surface area contributed by atoms with Gasteiger partial charge in [-0.2, -0.15) is 0 Å². The lowest BCUT2D eigenvalue weighted by atomic mass is 9.29. The lowest BCUT2D eigenvalue weighted by Crippen LogP contribution is -2.88. The Morgan fingerprint density at radius 1 is 0.730 bits per heavy atom. The predicted molar refractivity (Wildman–Crippen MR) is 337 cm³/mol. The van der Waals surface area contributed by atoms with E-state index in [1.165, 1.54) is 29.4 Å². The third-order valence-electron chi connectivity index (χ3n) is 31.5. The molecule has 10 heteroatoms. The Kier molecular flexibility index (Phi) is 12.9. The highest BCUT2D eigenvalue weighted by atomic mass is 16.5. The molecule has 11 saturated carbocycles. The summed E-state index contributed by atoms with van der Waals surface area (Å²) >= 11 is 0. The molecule has 19 rings (SSSR count). The molecule has 89 heavy (non-hydrogen) atoms. The summed E-state index contributed by atoms with van der Waals surface area (Å²) in [7, 11) is 1.97. The molecule has 3 aromatic carbocycles. The van der Waals surface area contributed by atoms with Gasteiger partial charge in [0.05, 0.1) is 35.9 Å². The highest BCUT2D eigenvalue weighted by Crippen LogP contribution is 2.86. The van der Waals surface area contributed by atoms with Gasteiger partial charge in [-0.25, -0.2) is 4.79 Å². The van der Waals surface area contributed by atoms with Crippen LogP contribution < -0.4 is 5.32 Å². The molecule has 26 atom stereocenters. The van der Waals surface area contributed by atoms with Gasteiger partial charge in [0, 0.05) is 57.6 Å². The van der Waals surface area contributed by atoms with Crippen LogP contribution in [0.3, 0.4) is 0 Å². The monoisotopic (exact) mass is 1200 g/mol. The molecule has 10 nitrogen and oxygen atoms in total. The van der Waals surface area contributed by atoms with E-state index >= 15 is 20.1 Å². The average molecular weight is 1200 g/mol. The Balaban J connectivity index is 0.853. The minimum absolute atomic E-state index is 0.0564. The second kappa shape index (κ2) is 19.9. The number of ether oxygens (including phenoxy) is 2. The fourth-order valence-electron chi connectivity index (χ4n) is 28.3. The molecule has 6 N–H and O–H groups in total. The van der Waals surface area contributed by atoms with Crippen molar-refractivity contribution >= 4 is 12.3 Å². The summed E-state index contributed by atoms with van der Waals surface area (Å²) in [5.41, 5.74) is -1.95. The van der Waals surface area contributed by atoms with Gasteiger partial charge < -0.3 is 45.1 Å². The maximum atomic E-state index is 16.3. The number of benzene rings is 3. The van der Waals surface area contributed by atoms with Crippen molar-refractivity contribution in [2.45, 2.75) is 227 Å². The summed E-state index contributed by atoms with van der Waals surface area (Å²) < 4.78 is 14.8. The Bertz CT molecular complexity index is 3470. The van der Waals surface area contributed by atoms with Crippen molar-refractivity contribution in [2.75, 3.05) is 7.05 Å². The number of carbonyl (C=O) groups excluding carboxylic acids is 2. The summed E-state index contributed by atoms with van der Waals surface area (Å²) in [6.07, 6.45) is 20.8. The number of fused-ring (bicyclic) bond motifs is 12. The van der Waals surface area contributed by atoms with Gasteiger partial charge in [0.15, 0.2) is 0 Å². The number of hydrogen-bond acceptors (Lipinski definition) is 10. The SMILES string of the molecule is CNC1Cc2c(cccc2CO)C#CC2(CCCC2)CC23CCC4C5(C=O)CC67C8CC9CC(c%10ccccc%10)CCC96CCC8C6Cc8cccc(c8)CC8CCC(C8)C(C)C8CCC(C7O6)C5(O)C(C8)C(O)C4(O)C2(O)CC2CC1C1OC(=O)C=C1C23. The molecule has 12 fully saturated rings. The molecular weight excluding hydrogens is 1110 g/mol. The molecule has 0 amide bonds. The summed E-state index contributed by atoms with van der Waals surface area (Å²) in [6.45, 7) is 2.34. The first-order valence-corrected chi connectivity index (χ1v) is 36.0. The number of nitrogens with one attached hydrogen (secondary N) is 1. The first kappa shape index (κ1) is 57.5. The summed E-state index contributed by atoms with van der Waals surface area (Å²) in [4.78, 5) is 30.5. The van der Waals surface area contributed by atoms with Crippen LogP contribution in [0.2, 0.25) is 0 Å². The average Bonchev–Trinajstić information content (AvgIpc) is 1.61. The molecule has 3 heterocycles. The van der Waals surface area contributed by atoms with Gasteiger partial charge in [0.2, 0.25) is 0 Å². The largest absolute Gasteiger partial charge is 0.454 e. The van der Waals surface area contributed by atoms with Crippen molar-refractivity contribution in [2.24, 2.45) is 104 Å². The normalized spacial score (nSPS) is 50.5. The van der Waals surface area contributed by atoms with Crippen LogP contribution >= 0.6 is 0 Å². The van der Waals surface area contributed by atoms with E-state index in [4.69, 9.17) is 9.47 Å². The van der Waals surface area contributed by atoms with Crippen molar-refractivity contribution in [1.29, 1.82) is 0 Å². The van der Waals surface area contributed by atoms with Gasteiger partial charge in [-0.1, -0.05) is 98.3 Å². The molecule has 16 bridgehead atoms. The third kappa shape index (κ3) is 7.32. The maximum absolute atomic E-state index is 16.3. The van der Waals surface area contributed by atoms with E-state index in [1.54, 1.807) is 6.08 Å². The molecule has 26 unspecified atom stereocenters. The first-order chi connectivity index (χ1) is 43.1. The summed E-state index contributed by atoms with van der Waals surface area (Å²) in [6, 6.07) is 26.5. The number of hydrogen-bond donors (Lipinski definition) is 6. The molecule has 472 valence electrons. The van der Waals surface area contributed by atoms with Gasteiger partial charge in [-0.3, -0.25) is 0 Å². The van der Waals surface area contributed by atoms with Gasteiger partial charge in [0.25, 0.3) is 0 Å². The number of esters is 1. The van der Waals surface area contributed by atoms with Crippen LogP contribution in [0.5, 0.6) is 0 Å². The first-order valence-electron chi connectivity index (χ1n) is 36.0.